The van der Waals surface area contributed by atoms with Crippen molar-refractivity contribution in [3.05, 3.63) is 27.3 Å². The van der Waals surface area contributed by atoms with Crippen molar-refractivity contribution in [3.8, 4) is 0 Å². The highest BCUT2D eigenvalue weighted by atomic mass is 35.5. The summed E-state index contributed by atoms with van der Waals surface area (Å²) >= 11 is 6.13. The molecule has 0 bridgehead atoms. The Labute approximate surface area is 141 Å². The zero-order chi connectivity index (χ0) is 17.1. The number of piperidine rings is 1. The lowest BCUT2D eigenvalue weighted by Crippen LogP contribution is -2.37. The molecule has 7 heteroatoms. The van der Waals surface area contributed by atoms with Crippen molar-refractivity contribution < 1.29 is 9.72 Å². The van der Waals surface area contributed by atoms with Gasteiger partial charge in [-0.15, -0.1) is 0 Å². The Kier molecular flexibility index (Phi) is 5.46. The molecule has 1 aromatic rings. The lowest BCUT2D eigenvalue weighted by molar-refractivity contribution is -0.384. The van der Waals surface area contributed by atoms with Crippen molar-refractivity contribution in [3.63, 3.8) is 0 Å². The molecule has 1 N–H and O–H groups in total. The largest absolute Gasteiger partial charge is 0.363 e. The molecule has 126 valence electrons. The summed E-state index contributed by atoms with van der Waals surface area (Å²) in [7, 11) is 0. The van der Waals surface area contributed by atoms with Gasteiger partial charge >= 0.3 is 0 Å². The molecule has 1 aliphatic heterocycles. The number of amides is 1. The number of anilines is 2. The summed E-state index contributed by atoms with van der Waals surface area (Å²) in [5.74, 6) is -0.364. The van der Waals surface area contributed by atoms with Crippen LogP contribution in [0.2, 0.25) is 5.02 Å². The molecule has 1 saturated heterocycles. The van der Waals surface area contributed by atoms with Gasteiger partial charge in [0.1, 0.15) is 5.69 Å². The van der Waals surface area contributed by atoms with E-state index in [0.717, 1.165) is 25.8 Å². The molecular formula is C16H22ClN3O3. The molecule has 2 rings (SSSR count). The average molecular weight is 340 g/mol. The van der Waals surface area contributed by atoms with Crippen LogP contribution in [0.5, 0.6) is 0 Å². The van der Waals surface area contributed by atoms with Crippen molar-refractivity contribution in [2.24, 2.45) is 5.92 Å². The SMILES string of the molecule is CC(C)C(=O)Nc1cc(N2CCCCC2C)c([N+](=O)[O-])cc1Cl. The predicted octanol–water partition coefficient (Wildman–Crippen LogP) is 4.22. The number of nitrogens with one attached hydrogen (secondary N) is 1. The minimum atomic E-state index is -0.420. The molecule has 1 atom stereocenters. The lowest BCUT2D eigenvalue weighted by Gasteiger charge is -2.35. The monoisotopic (exact) mass is 339 g/mol. The summed E-state index contributed by atoms with van der Waals surface area (Å²) in [6, 6.07) is 3.17. The van der Waals surface area contributed by atoms with Crippen LogP contribution in [0.15, 0.2) is 12.1 Å². The summed E-state index contributed by atoms with van der Waals surface area (Å²) < 4.78 is 0. The normalized spacial score (nSPS) is 18.1. The van der Waals surface area contributed by atoms with E-state index in [4.69, 9.17) is 11.6 Å². The fraction of sp³-hybridized carbons (Fsp3) is 0.562. The molecule has 0 aliphatic carbocycles. The molecule has 0 spiro atoms. The molecule has 0 aromatic heterocycles. The zero-order valence-electron chi connectivity index (χ0n) is 13.6. The third-order valence-corrected chi connectivity index (χ3v) is 4.47. The molecular weight excluding hydrogens is 318 g/mol. The molecule has 6 nitrogen and oxygen atoms in total. The third-order valence-electron chi connectivity index (χ3n) is 4.16. The van der Waals surface area contributed by atoms with Gasteiger partial charge in [0.05, 0.1) is 15.6 Å². The maximum Gasteiger partial charge on any atom is 0.294 e. The summed E-state index contributed by atoms with van der Waals surface area (Å²) in [5, 5.41) is 14.3. The van der Waals surface area contributed by atoms with Crippen LogP contribution in [-0.2, 0) is 4.79 Å². The number of carbonyl (C=O) groups is 1. The quantitative estimate of drug-likeness (QED) is 0.658. The topological polar surface area (TPSA) is 75.5 Å². The van der Waals surface area contributed by atoms with Gasteiger partial charge in [0.25, 0.3) is 5.69 Å². The second-order valence-electron chi connectivity index (χ2n) is 6.26. The third kappa shape index (κ3) is 3.93. The minimum Gasteiger partial charge on any atom is -0.363 e. The van der Waals surface area contributed by atoms with E-state index < -0.39 is 4.92 Å². The second-order valence-corrected chi connectivity index (χ2v) is 6.67. The summed E-state index contributed by atoms with van der Waals surface area (Å²) in [5.41, 5.74) is 0.917. The number of hydrogen-bond donors (Lipinski definition) is 1. The fourth-order valence-corrected chi connectivity index (χ4v) is 2.96. The molecule has 23 heavy (non-hydrogen) atoms. The Morgan fingerprint density at radius 2 is 2.13 bits per heavy atom. The molecule has 1 unspecified atom stereocenters. The summed E-state index contributed by atoms with van der Waals surface area (Å²) in [6.07, 6.45) is 3.11. The zero-order valence-corrected chi connectivity index (χ0v) is 14.4. The number of benzene rings is 1. The van der Waals surface area contributed by atoms with Gasteiger partial charge in [0.2, 0.25) is 5.91 Å². The Hall–Kier alpha value is -1.82. The van der Waals surface area contributed by atoms with Gasteiger partial charge in [-0.25, -0.2) is 0 Å². The molecule has 1 aliphatic rings. The van der Waals surface area contributed by atoms with Gasteiger partial charge in [0.15, 0.2) is 0 Å². The number of nitrogens with zero attached hydrogens (tertiary/aromatic N) is 2. The Morgan fingerprint density at radius 1 is 1.43 bits per heavy atom. The van der Waals surface area contributed by atoms with E-state index in [2.05, 4.69) is 12.2 Å². The first-order chi connectivity index (χ1) is 10.8. The molecule has 1 heterocycles. The molecule has 1 fully saturated rings. The van der Waals surface area contributed by atoms with Gasteiger partial charge in [-0.2, -0.15) is 0 Å². The molecule has 0 saturated carbocycles. The van der Waals surface area contributed by atoms with Crippen molar-refractivity contribution in [2.45, 2.75) is 46.1 Å². The number of hydrogen-bond acceptors (Lipinski definition) is 4. The van der Waals surface area contributed by atoms with E-state index in [1.165, 1.54) is 6.07 Å². The van der Waals surface area contributed by atoms with Crippen molar-refractivity contribution in [2.75, 3.05) is 16.8 Å². The lowest BCUT2D eigenvalue weighted by atomic mass is 10.0. The molecule has 1 amide bonds. The number of carbonyl (C=O) groups excluding carboxylic acids is 1. The van der Waals surface area contributed by atoms with E-state index in [-0.39, 0.29) is 28.6 Å². The highest BCUT2D eigenvalue weighted by molar-refractivity contribution is 6.34. The number of halogens is 1. The van der Waals surface area contributed by atoms with Gasteiger partial charge in [-0.1, -0.05) is 25.4 Å². The number of nitro groups is 1. The fourth-order valence-electron chi connectivity index (χ4n) is 2.76. The van der Waals surface area contributed by atoms with Gasteiger partial charge in [-0.05, 0) is 32.3 Å². The van der Waals surface area contributed by atoms with E-state index in [9.17, 15) is 14.9 Å². The predicted molar refractivity (Wildman–Crippen MR) is 92.2 cm³/mol. The standard InChI is InChI=1S/C16H22ClN3O3/c1-10(2)16(21)18-13-9-14(15(20(22)23)8-12(13)17)19-7-5-4-6-11(19)3/h8-11H,4-7H2,1-3H3,(H,18,21). The average Bonchev–Trinajstić information content (AvgIpc) is 2.49. The first-order valence-electron chi connectivity index (χ1n) is 7.86. The first-order valence-corrected chi connectivity index (χ1v) is 8.24. The van der Waals surface area contributed by atoms with Crippen LogP contribution in [0.25, 0.3) is 0 Å². The number of rotatable bonds is 4. The molecule has 1 aromatic carbocycles. The van der Waals surface area contributed by atoms with Crippen molar-refractivity contribution in [1.29, 1.82) is 0 Å². The maximum atomic E-state index is 11.9. The molecule has 0 radical (unpaired) electrons. The van der Waals surface area contributed by atoms with E-state index >= 15 is 0 Å². The van der Waals surface area contributed by atoms with Crippen LogP contribution < -0.4 is 10.2 Å². The highest BCUT2D eigenvalue weighted by Crippen LogP contribution is 2.39. The highest BCUT2D eigenvalue weighted by Gasteiger charge is 2.27. The van der Waals surface area contributed by atoms with Crippen LogP contribution >= 0.6 is 11.6 Å². The van der Waals surface area contributed by atoms with Crippen molar-refractivity contribution in [1.82, 2.24) is 0 Å². The van der Waals surface area contributed by atoms with Crippen LogP contribution in [-0.4, -0.2) is 23.4 Å². The summed E-state index contributed by atoms with van der Waals surface area (Å²) in [6.45, 7) is 6.38. The van der Waals surface area contributed by atoms with Crippen LogP contribution in [0, 0.1) is 16.0 Å². The second kappa shape index (κ2) is 7.17. The van der Waals surface area contributed by atoms with Gasteiger partial charge < -0.3 is 10.2 Å². The summed E-state index contributed by atoms with van der Waals surface area (Å²) in [4.78, 5) is 24.9. The smallest absolute Gasteiger partial charge is 0.294 e. The van der Waals surface area contributed by atoms with Gasteiger partial charge in [0, 0.05) is 24.6 Å². The first kappa shape index (κ1) is 17.5. The van der Waals surface area contributed by atoms with E-state index in [0.29, 0.717) is 11.4 Å². The minimum absolute atomic E-state index is 0.0219. The van der Waals surface area contributed by atoms with E-state index in [1.54, 1.807) is 19.9 Å². The van der Waals surface area contributed by atoms with Crippen LogP contribution in [0.1, 0.15) is 40.0 Å². The maximum absolute atomic E-state index is 11.9. The Balaban J connectivity index is 2.45. The van der Waals surface area contributed by atoms with Gasteiger partial charge in [-0.3, -0.25) is 14.9 Å². The Bertz CT molecular complexity index is 619. The van der Waals surface area contributed by atoms with E-state index in [1.807, 2.05) is 4.90 Å². The van der Waals surface area contributed by atoms with Crippen LogP contribution in [0.4, 0.5) is 17.1 Å². The van der Waals surface area contributed by atoms with Crippen molar-refractivity contribution >= 4 is 34.6 Å². The number of nitro benzene ring substituents is 1. The van der Waals surface area contributed by atoms with Crippen LogP contribution in [0.3, 0.4) is 0 Å². The Morgan fingerprint density at radius 3 is 2.70 bits per heavy atom.